The number of rotatable bonds is 6. The summed E-state index contributed by atoms with van der Waals surface area (Å²) in [5.74, 6) is -2.17. The zero-order chi connectivity index (χ0) is 34.5. The van der Waals surface area contributed by atoms with Gasteiger partial charge in [-0.3, -0.25) is 29.0 Å². The topological polar surface area (TPSA) is 168 Å². The summed E-state index contributed by atoms with van der Waals surface area (Å²) in [4.78, 5) is 72.4. The molecule has 49 heavy (non-hydrogen) atoms. The minimum absolute atomic E-state index is 0.199. The van der Waals surface area contributed by atoms with Crippen molar-refractivity contribution in [3.63, 3.8) is 0 Å². The molecule has 0 saturated heterocycles. The van der Waals surface area contributed by atoms with Crippen molar-refractivity contribution in [3.8, 4) is 5.75 Å². The predicted octanol–water partition coefficient (Wildman–Crippen LogP) is 2.37. The van der Waals surface area contributed by atoms with Gasteiger partial charge in [0.05, 0.1) is 18.6 Å². The summed E-state index contributed by atoms with van der Waals surface area (Å²) < 4.78 is 5.92. The molecule has 0 radical (unpaired) electrons. The van der Waals surface area contributed by atoms with Crippen LogP contribution >= 0.6 is 0 Å². The van der Waals surface area contributed by atoms with E-state index in [2.05, 4.69) is 31.6 Å². The number of amides is 5. The Kier molecular flexibility index (Phi) is 12.3. The van der Waals surface area contributed by atoms with Crippen LogP contribution in [0.4, 0.5) is 0 Å². The van der Waals surface area contributed by atoms with Crippen LogP contribution in [0.1, 0.15) is 66.4 Å². The fraction of sp³-hybridized carbons (Fsp3) is 0.405. The van der Waals surface area contributed by atoms with Gasteiger partial charge in [0.2, 0.25) is 23.6 Å². The van der Waals surface area contributed by atoms with E-state index in [1.54, 1.807) is 36.7 Å². The molecular weight excluding hydrogens is 624 g/mol. The molecule has 2 atom stereocenters. The molecule has 0 bridgehead atoms. The van der Waals surface area contributed by atoms with Crippen molar-refractivity contribution < 1.29 is 28.7 Å². The third-order valence-electron chi connectivity index (χ3n) is 8.91. The van der Waals surface area contributed by atoms with Gasteiger partial charge < -0.3 is 31.3 Å². The Morgan fingerprint density at radius 3 is 2.37 bits per heavy atom. The van der Waals surface area contributed by atoms with Gasteiger partial charge >= 0.3 is 0 Å². The normalized spacial score (nSPS) is 20.6. The van der Waals surface area contributed by atoms with Crippen LogP contribution in [0.3, 0.4) is 0 Å². The number of aromatic nitrogens is 1. The Morgan fingerprint density at radius 1 is 0.857 bits per heavy atom. The lowest BCUT2D eigenvalue weighted by Gasteiger charge is -2.38. The lowest BCUT2D eigenvalue weighted by molar-refractivity contribution is -0.138. The van der Waals surface area contributed by atoms with Gasteiger partial charge in [-0.2, -0.15) is 0 Å². The van der Waals surface area contributed by atoms with Crippen LogP contribution in [0.25, 0.3) is 0 Å². The first kappa shape index (κ1) is 35.1. The van der Waals surface area contributed by atoms with E-state index in [9.17, 15) is 24.0 Å². The molecule has 1 aromatic heterocycles. The van der Waals surface area contributed by atoms with Crippen molar-refractivity contribution in [1.82, 2.24) is 31.6 Å². The second-order valence-corrected chi connectivity index (χ2v) is 12.5. The molecule has 2 aromatic carbocycles. The van der Waals surface area contributed by atoms with E-state index >= 15 is 0 Å². The number of hydrogen-bond acceptors (Lipinski definition) is 7. The quantitative estimate of drug-likeness (QED) is 0.269. The summed E-state index contributed by atoms with van der Waals surface area (Å²) >= 11 is 0. The van der Waals surface area contributed by atoms with Crippen LogP contribution in [-0.2, 0) is 32.0 Å². The number of benzene rings is 2. The highest BCUT2D eigenvalue weighted by atomic mass is 16.5. The van der Waals surface area contributed by atoms with Crippen LogP contribution in [0.15, 0.2) is 79.1 Å². The van der Waals surface area contributed by atoms with Crippen molar-refractivity contribution >= 4 is 29.5 Å². The lowest BCUT2D eigenvalue weighted by Crippen LogP contribution is -2.63. The lowest BCUT2D eigenvalue weighted by atomic mass is 9.80. The standard InChI is InChI=1S/C37H44N6O6/c44-32-25-30(35(47)40-22-16-26-14-20-38-21-15-26)41-33(45)28-12-5-6-13-31(28)49-23-9-19-39-34(46)29(24-27-10-3-1-4-11-27)42-36(48)37(43-32)17-7-2-8-18-37/h1,3-6,10-15,20-21,29-30H,2,7-9,16-19,22-25H2,(H,39,46)(H,40,47)(H,41,45)(H,42,48)(H,43,44)/t29-,30-/m0/s1. The number of ether oxygens (including phenoxy) is 1. The number of carbonyl (C=O) groups is 5. The van der Waals surface area contributed by atoms with E-state index in [1.165, 1.54) is 0 Å². The van der Waals surface area contributed by atoms with E-state index in [4.69, 9.17) is 4.74 Å². The van der Waals surface area contributed by atoms with E-state index in [0.29, 0.717) is 44.3 Å². The van der Waals surface area contributed by atoms with E-state index in [1.807, 2.05) is 42.5 Å². The van der Waals surface area contributed by atoms with Gasteiger partial charge in [0.1, 0.15) is 23.4 Å². The summed E-state index contributed by atoms with van der Waals surface area (Å²) in [6, 6.07) is 17.6. The highest BCUT2D eigenvalue weighted by Crippen LogP contribution is 2.29. The van der Waals surface area contributed by atoms with Gasteiger partial charge in [-0.05, 0) is 61.1 Å². The monoisotopic (exact) mass is 668 g/mol. The zero-order valence-electron chi connectivity index (χ0n) is 27.5. The Hall–Kier alpha value is -5.26. The van der Waals surface area contributed by atoms with Crippen LogP contribution in [0.2, 0.25) is 0 Å². The maximum atomic E-state index is 14.1. The molecule has 1 aliphatic heterocycles. The number of nitrogens with one attached hydrogen (secondary N) is 5. The second kappa shape index (κ2) is 17.2. The number of hydrogen-bond donors (Lipinski definition) is 5. The molecule has 2 heterocycles. The van der Waals surface area contributed by atoms with Gasteiger partial charge in [-0.15, -0.1) is 0 Å². The first-order valence-electron chi connectivity index (χ1n) is 17.0. The van der Waals surface area contributed by atoms with E-state index in [0.717, 1.165) is 17.5 Å². The van der Waals surface area contributed by atoms with Gasteiger partial charge in [0.25, 0.3) is 5.91 Å². The SMILES string of the molecule is O=C1C[C@@H](C(=O)NCCc2ccncc2)NC(=O)c2ccccc2OCCCNC(=O)[C@H](Cc2ccccc2)NC(=O)C2(CCCCC2)N1. The average Bonchev–Trinajstić information content (AvgIpc) is 3.11. The Bertz CT molecular complexity index is 1600. The smallest absolute Gasteiger partial charge is 0.255 e. The minimum atomic E-state index is -1.27. The Labute approximate surface area is 286 Å². The molecule has 5 N–H and O–H groups in total. The van der Waals surface area contributed by atoms with Crippen molar-refractivity contribution in [3.05, 3.63) is 95.8 Å². The predicted molar refractivity (Wildman–Crippen MR) is 182 cm³/mol. The molecule has 12 heteroatoms. The third-order valence-corrected chi connectivity index (χ3v) is 8.91. The van der Waals surface area contributed by atoms with Crippen LogP contribution in [-0.4, -0.2) is 71.8 Å². The number of fused-ring (bicyclic) bond motifs is 1. The van der Waals surface area contributed by atoms with Gasteiger partial charge in [0.15, 0.2) is 0 Å². The summed E-state index contributed by atoms with van der Waals surface area (Å²) in [7, 11) is 0. The molecule has 5 amide bonds. The second-order valence-electron chi connectivity index (χ2n) is 12.5. The summed E-state index contributed by atoms with van der Waals surface area (Å²) in [5, 5.41) is 14.4. The van der Waals surface area contributed by atoms with Crippen LogP contribution in [0.5, 0.6) is 5.75 Å². The van der Waals surface area contributed by atoms with Gasteiger partial charge in [0, 0.05) is 31.9 Å². The van der Waals surface area contributed by atoms with E-state index < -0.39 is 47.7 Å². The first-order valence-corrected chi connectivity index (χ1v) is 17.0. The molecule has 1 aliphatic carbocycles. The highest BCUT2D eigenvalue weighted by molar-refractivity contribution is 6.01. The molecule has 1 fully saturated rings. The Balaban J connectivity index is 1.41. The first-order chi connectivity index (χ1) is 23.8. The molecule has 3 aromatic rings. The molecular formula is C37H44N6O6. The average molecular weight is 669 g/mol. The maximum absolute atomic E-state index is 14.1. The number of nitrogens with zero attached hydrogens (tertiary/aromatic N) is 1. The van der Waals surface area contributed by atoms with E-state index in [-0.39, 0.29) is 37.6 Å². The van der Waals surface area contributed by atoms with Crippen LogP contribution in [0, 0.1) is 0 Å². The molecule has 2 aliphatic rings. The zero-order valence-corrected chi connectivity index (χ0v) is 27.5. The number of pyridine rings is 1. The van der Waals surface area contributed by atoms with Gasteiger partial charge in [-0.25, -0.2) is 0 Å². The molecule has 0 unspecified atom stereocenters. The summed E-state index contributed by atoms with van der Waals surface area (Å²) in [6.07, 6.45) is 7.23. The summed E-state index contributed by atoms with van der Waals surface area (Å²) in [6.45, 7) is 0.746. The molecule has 5 rings (SSSR count). The Morgan fingerprint density at radius 2 is 1.59 bits per heavy atom. The van der Waals surface area contributed by atoms with Crippen molar-refractivity contribution in [2.24, 2.45) is 0 Å². The molecule has 12 nitrogen and oxygen atoms in total. The summed E-state index contributed by atoms with van der Waals surface area (Å²) in [5.41, 5.74) is 0.773. The van der Waals surface area contributed by atoms with Crippen LogP contribution < -0.4 is 31.3 Å². The molecule has 258 valence electrons. The largest absolute Gasteiger partial charge is 0.493 e. The molecule has 1 spiro atoms. The maximum Gasteiger partial charge on any atom is 0.255 e. The van der Waals surface area contributed by atoms with Crippen molar-refractivity contribution in [1.29, 1.82) is 0 Å². The fourth-order valence-corrected chi connectivity index (χ4v) is 6.24. The highest BCUT2D eigenvalue weighted by Gasteiger charge is 2.43. The van der Waals surface area contributed by atoms with Gasteiger partial charge in [-0.1, -0.05) is 61.7 Å². The number of para-hydroxylation sites is 1. The minimum Gasteiger partial charge on any atom is -0.493 e. The molecule has 1 saturated carbocycles. The van der Waals surface area contributed by atoms with Crippen molar-refractivity contribution in [2.75, 3.05) is 19.7 Å². The fourth-order valence-electron chi connectivity index (χ4n) is 6.24. The van der Waals surface area contributed by atoms with Crippen molar-refractivity contribution in [2.45, 2.75) is 75.4 Å². The third kappa shape index (κ3) is 9.88. The number of carbonyl (C=O) groups excluding carboxylic acids is 5.